The first kappa shape index (κ1) is 26.3. The lowest BCUT2D eigenvalue weighted by Gasteiger charge is -2.31. The molecule has 0 amide bonds. The van der Waals surface area contributed by atoms with Crippen molar-refractivity contribution in [2.75, 3.05) is 11.9 Å². The van der Waals surface area contributed by atoms with E-state index in [2.05, 4.69) is 45.1 Å². The first-order valence-corrected chi connectivity index (χ1v) is 13.2. The van der Waals surface area contributed by atoms with Gasteiger partial charge in [-0.15, -0.1) is 0 Å². The first-order valence-electron chi connectivity index (χ1n) is 13.2. The standard InChI is InChI=1S/C32H33N3O4/c1-6-38-26-14-22-15-31(2,3)35-28(27(22)24-16-32(4,5)39-29(24)26)21-11-12-23(30(36)37)25(13-21)34-18-20-9-7-19(17-33)8-10-20/h7-14,34H,6,15-16,18H2,1-5H3,(H,36,37). The van der Waals surface area contributed by atoms with Gasteiger partial charge in [-0.1, -0.05) is 18.2 Å². The number of nitriles is 1. The Labute approximate surface area is 229 Å². The van der Waals surface area contributed by atoms with Crippen molar-refractivity contribution in [3.05, 3.63) is 87.5 Å². The van der Waals surface area contributed by atoms with Crippen LogP contribution in [0.3, 0.4) is 0 Å². The summed E-state index contributed by atoms with van der Waals surface area (Å²) in [5.74, 6) is 0.529. The second-order valence-electron chi connectivity index (χ2n) is 11.4. The quantitative estimate of drug-likeness (QED) is 0.385. The number of carboxylic acids is 1. The van der Waals surface area contributed by atoms with Crippen LogP contribution < -0.4 is 14.8 Å². The number of rotatable bonds is 7. The van der Waals surface area contributed by atoms with Crippen molar-refractivity contribution in [1.82, 2.24) is 0 Å². The van der Waals surface area contributed by atoms with Gasteiger partial charge in [0.25, 0.3) is 0 Å². The lowest BCUT2D eigenvalue weighted by Crippen LogP contribution is -2.30. The van der Waals surface area contributed by atoms with Crippen LogP contribution in [0.4, 0.5) is 5.69 Å². The molecule has 0 bridgehead atoms. The minimum Gasteiger partial charge on any atom is -0.490 e. The summed E-state index contributed by atoms with van der Waals surface area (Å²) >= 11 is 0. The zero-order chi connectivity index (χ0) is 27.9. The number of nitrogens with one attached hydrogen (secondary N) is 1. The van der Waals surface area contributed by atoms with Gasteiger partial charge in [-0.25, -0.2) is 4.79 Å². The van der Waals surface area contributed by atoms with Crippen molar-refractivity contribution in [1.29, 1.82) is 5.26 Å². The van der Waals surface area contributed by atoms with Crippen LogP contribution in [0.5, 0.6) is 11.5 Å². The Morgan fingerprint density at radius 3 is 2.54 bits per heavy atom. The summed E-state index contributed by atoms with van der Waals surface area (Å²) in [5.41, 5.74) is 6.47. The van der Waals surface area contributed by atoms with Gasteiger partial charge in [-0.2, -0.15) is 5.26 Å². The third kappa shape index (κ3) is 5.20. The number of benzene rings is 3. The summed E-state index contributed by atoms with van der Waals surface area (Å²) in [4.78, 5) is 17.3. The van der Waals surface area contributed by atoms with E-state index in [0.29, 0.717) is 24.4 Å². The molecule has 39 heavy (non-hydrogen) atoms. The molecular formula is C32H33N3O4. The molecule has 0 unspecified atom stereocenters. The number of fused-ring (bicyclic) bond motifs is 3. The highest BCUT2D eigenvalue weighted by molar-refractivity contribution is 6.17. The predicted octanol–water partition coefficient (Wildman–Crippen LogP) is 6.15. The molecule has 7 nitrogen and oxygen atoms in total. The Morgan fingerprint density at radius 2 is 1.87 bits per heavy atom. The van der Waals surface area contributed by atoms with Crippen molar-refractivity contribution in [3.63, 3.8) is 0 Å². The minimum absolute atomic E-state index is 0.185. The molecular weight excluding hydrogens is 490 g/mol. The van der Waals surface area contributed by atoms with E-state index >= 15 is 0 Å². The van der Waals surface area contributed by atoms with Gasteiger partial charge in [0, 0.05) is 35.3 Å². The lowest BCUT2D eigenvalue weighted by molar-refractivity contribution is 0.0698. The highest BCUT2D eigenvalue weighted by Gasteiger charge is 2.40. The fourth-order valence-electron chi connectivity index (χ4n) is 5.46. The molecule has 3 aromatic rings. The van der Waals surface area contributed by atoms with E-state index < -0.39 is 5.97 Å². The number of anilines is 1. The second kappa shape index (κ2) is 9.77. The molecule has 0 spiro atoms. The van der Waals surface area contributed by atoms with E-state index in [1.54, 1.807) is 18.2 Å². The molecule has 5 rings (SSSR count). The second-order valence-corrected chi connectivity index (χ2v) is 11.4. The number of aliphatic imine (C=N–C) groups is 1. The maximum atomic E-state index is 12.1. The van der Waals surface area contributed by atoms with E-state index in [1.165, 1.54) is 0 Å². The van der Waals surface area contributed by atoms with Crippen LogP contribution >= 0.6 is 0 Å². The topological polar surface area (TPSA) is 104 Å². The monoisotopic (exact) mass is 523 g/mol. The van der Waals surface area contributed by atoms with Crippen molar-refractivity contribution >= 4 is 17.4 Å². The summed E-state index contributed by atoms with van der Waals surface area (Å²) in [7, 11) is 0. The molecule has 2 heterocycles. The fraction of sp³-hybridized carbons (Fsp3) is 0.344. The zero-order valence-corrected chi connectivity index (χ0v) is 23.0. The van der Waals surface area contributed by atoms with Crippen LogP contribution in [0.2, 0.25) is 0 Å². The van der Waals surface area contributed by atoms with Crippen LogP contribution in [0.25, 0.3) is 0 Å². The third-order valence-corrected chi connectivity index (χ3v) is 7.07. The number of hydrogen-bond donors (Lipinski definition) is 2. The molecule has 0 fully saturated rings. The molecule has 0 aliphatic carbocycles. The Kier molecular flexibility index (Phi) is 6.59. The van der Waals surface area contributed by atoms with E-state index in [-0.39, 0.29) is 16.7 Å². The maximum Gasteiger partial charge on any atom is 0.337 e. The number of carboxylic acid groups (broad SMARTS) is 1. The number of carbonyl (C=O) groups is 1. The number of aromatic carboxylic acids is 1. The molecule has 0 saturated heterocycles. The number of hydrogen-bond acceptors (Lipinski definition) is 6. The SMILES string of the molecule is CCOc1cc2c(c3c1OC(C)(C)C3)C(c1ccc(C(=O)O)c(NCc3ccc(C#N)cc3)c1)=NC(C)(C)C2. The van der Waals surface area contributed by atoms with Crippen LogP contribution in [0, 0.1) is 11.3 Å². The van der Waals surface area contributed by atoms with Gasteiger partial charge < -0.3 is 19.9 Å². The third-order valence-electron chi connectivity index (χ3n) is 7.07. The van der Waals surface area contributed by atoms with Gasteiger partial charge in [-0.05, 0) is 82.5 Å². The average Bonchev–Trinajstić information content (AvgIpc) is 3.21. The van der Waals surface area contributed by atoms with Gasteiger partial charge >= 0.3 is 5.97 Å². The lowest BCUT2D eigenvalue weighted by atomic mass is 9.80. The van der Waals surface area contributed by atoms with E-state index in [1.807, 2.05) is 31.2 Å². The molecule has 0 atom stereocenters. The van der Waals surface area contributed by atoms with Crippen molar-refractivity contribution in [3.8, 4) is 17.6 Å². The van der Waals surface area contributed by atoms with Gasteiger partial charge in [0.1, 0.15) is 5.60 Å². The normalized spacial score (nSPS) is 16.3. The van der Waals surface area contributed by atoms with Crippen LogP contribution in [0.1, 0.15) is 78.4 Å². The summed E-state index contributed by atoms with van der Waals surface area (Å²) in [6.45, 7) is 11.3. The minimum atomic E-state index is -1.01. The molecule has 0 radical (unpaired) electrons. The maximum absolute atomic E-state index is 12.1. The molecule has 2 aliphatic rings. The molecule has 0 saturated carbocycles. The molecule has 2 aliphatic heterocycles. The first-order chi connectivity index (χ1) is 18.5. The van der Waals surface area contributed by atoms with E-state index in [4.69, 9.17) is 19.7 Å². The molecule has 0 aromatic heterocycles. The van der Waals surface area contributed by atoms with Gasteiger partial charge in [0.15, 0.2) is 11.5 Å². The Hall–Kier alpha value is -4.31. The Balaban J connectivity index is 1.60. The Morgan fingerprint density at radius 1 is 1.13 bits per heavy atom. The average molecular weight is 524 g/mol. The largest absolute Gasteiger partial charge is 0.490 e. The van der Waals surface area contributed by atoms with Gasteiger partial charge in [-0.3, -0.25) is 4.99 Å². The summed E-state index contributed by atoms with van der Waals surface area (Å²) in [6, 6.07) is 16.8. The van der Waals surface area contributed by atoms with Crippen molar-refractivity contribution in [2.45, 2.75) is 65.1 Å². The predicted molar refractivity (Wildman–Crippen MR) is 151 cm³/mol. The molecule has 200 valence electrons. The smallest absolute Gasteiger partial charge is 0.337 e. The molecule has 7 heteroatoms. The Bertz CT molecular complexity index is 1530. The highest BCUT2D eigenvalue weighted by atomic mass is 16.5. The highest BCUT2D eigenvalue weighted by Crippen LogP contribution is 2.48. The zero-order valence-electron chi connectivity index (χ0n) is 23.0. The van der Waals surface area contributed by atoms with Crippen LogP contribution in [0.15, 0.2) is 53.5 Å². The van der Waals surface area contributed by atoms with Crippen molar-refractivity contribution < 1.29 is 19.4 Å². The van der Waals surface area contributed by atoms with E-state index in [0.717, 1.165) is 57.9 Å². The summed E-state index contributed by atoms with van der Waals surface area (Å²) in [6.07, 6.45) is 1.48. The molecule has 2 N–H and O–H groups in total. The van der Waals surface area contributed by atoms with E-state index in [9.17, 15) is 9.90 Å². The number of ether oxygens (including phenoxy) is 2. The number of nitrogens with zero attached hydrogens (tertiary/aromatic N) is 2. The molecule has 3 aromatic carbocycles. The summed E-state index contributed by atoms with van der Waals surface area (Å²) in [5, 5.41) is 22.3. The van der Waals surface area contributed by atoms with Gasteiger partial charge in [0.2, 0.25) is 0 Å². The van der Waals surface area contributed by atoms with Gasteiger partial charge in [0.05, 0.1) is 35.1 Å². The summed E-state index contributed by atoms with van der Waals surface area (Å²) < 4.78 is 12.4. The van der Waals surface area contributed by atoms with Crippen LogP contribution in [-0.2, 0) is 19.4 Å². The van der Waals surface area contributed by atoms with Crippen molar-refractivity contribution in [2.24, 2.45) is 4.99 Å². The van der Waals surface area contributed by atoms with Crippen LogP contribution in [-0.4, -0.2) is 34.5 Å². The fourth-order valence-corrected chi connectivity index (χ4v) is 5.46.